The van der Waals surface area contributed by atoms with Gasteiger partial charge in [-0.1, -0.05) is 41.9 Å². The van der Waals surface area contributed by atoms with Gasteiger partial charge in [-0.05, 0) is 51.0 Å². The fourth-order valence-electron chi connectivity index (χ4n) is 2.90. The third kappa shape index (κ3) is 5.44. The molecule has 0 aliphatic rings. The highest BCUT2D eigenvalue weighted by Crippen LogP contribution is 2.27. The van der Waals surface area contributed by atoms with Crippen LogP contribution in [0.5, 0.6) is 5.75 Å². The summed E-state index contributed by atoms with van der Waals surface area (Å²) in [7, 11) is 0. The van der Waals surface area contributed by atoms with E-state index in [9.17, 15) is 14.4 Å². The first-order valence-electron chi connectivity index (χ1n) is 9.54. The van der Waals surface area contributed by atoms with Gasteiger partial charge in [-0.3, -0.25) is 0 Å². The van der Waals surface area contributed by atoms with E-state index in [-0.39, 0.29) is 16.4 Å². The molecule has 8 heteroatoms. The molecule has 31 heavy (non-hydrogen) atoms. The average Bonchev–Trinajstić information content (AvgIpc) is 2.69. The van der Waals surface area contributed by atoms with Crippen molar-refractivity contribution in [1.29, 1.82) is 0 Å². The molecule has 1 amide bonds. The van der Waals surface area contributed by atoms with Crippen LogP contribution in [-0.2, 0) is 9.53 Å². The van der Waals surface area contributed by atoms with Gasteiger partial charge in [0.15, 0.2) is 6.04 Å². The normalized spacial score (nSPS) is 12.3. The van der Waals surface area contributed by atoms with E-state index in [1.165, 1.54) is 6.07 Å². The number of aryl methyl sites for hydroxylation is 1. The molecular weight excluding hydrogens is 422 g/mol. The van der Waals surface area contributed by atoms with Crippen molar-refractivity contribution in [3.63, 3.8) is 0 Å². The number of carbonyl (C=O) groups excluding carboxylic acids is 2. The van der Waals surface area contributed by atoms with Crippen LogP contribution in [0.25, 0.3) is 11.0 Å². The third-order valence-electron chi connectivity index (χ3n) is 4.32. The third-order valence-corrected chi connectivity index (χ3v) is 4.75. The Hall–Kier alpha value is -3.32. The highest BCUT2D eigenvalue weighted by Gasteiger charge is 2.27. The first-order valence-corrected chi connectivity index (χ1v) is 9.92. The van der Waals surface area contributed by atoms with Gasteiger partial charge in [0.1, 0.15) is 22.0 Å². The van der Waals surface area contributed by atoms with Gasteiger partial charge in [0.2, 0.25) is 0 Å². The van der Waals surface area contributed by atoms with E-state index in [0.29, 0.717) is 16.5 Å². The number of carbonyl (C=O) groups is 2. The van der Waals surface area contributed by atoms with E-state index in [1.54, 1.807) is 70.2 Å². The highest BCUT2D eigenvalue weighted by molar-refractivity contribution is 6.31. The zero-order valence-electron chi connectivity index (χ0n) is 17.5. The number of halogens is 1. The first kappa shape index (κ1) is 22.4. The predicted octanol–water partition coefficient (Wildman–Crippen LogP) is 4.93. The molecule has 3 aromatic rings. The van der Waals surface area contributed by atoms with Crippen molar-refractivity contribution in [3.8, 4) is 5.75 Å². The lowest BCUT2D eigenvalue weighted by Gasteiger charge is -2.23. The molecule has 0 bridgehead atoms. The second-order valence-corrected chi connectivity index (χ2v) is 8.28. The molecule has 7 nitrogen and oxygen atoms in total. The Morgan fingerprint density at radius 2 is 1.77 bits per heavy atom. The van der Waals surface area contributed by atoms with Gasteiger partial charge >= 0.3 is 17.7 Å². The Labute approximate surface area is 183 Å². The second kappa shape index (κ2) is 8.81. The lowest BCUT2D eigenvalue weighted by molar-refractivity contribution is -0.137. The number of rotatable bonds is 4. The molecule has 0 saturated carbocycles. The van der Waals surface area contributed by atoms with Crippen LogP contribution in [0, 0.1) is 6.92 Å². The average molecular weight is 444 g/mol. The summed E-state index contributed by atoms with van der Waals surface area (Å²) in [5, 5.41) is 3.17. The molecule has 0 saturated heterocycles. The predicted molar refractivity (Wildman–Crippen MR) is 116 cm³/mol. The van der Waals surface area contributed by atoms with Crippen molar-refractivity contribution in [3.05, 3.63) is 75.1 Å². The first-order chi connectivity index (χ1) is 14.5. The largest absolute Gasteiger partial charge is 0.444 e. The van der Waals surface area contributed by atoms with Crippen molar-refractivity contribution in [2.75, 3.05) is 0 Å². The van der Waals surface area contributed by atoms with Gasteiger partial charge in [-0.15, -0.1) is 0 Å². The molecule has 0 unspecified atom stereocenters. The number of fused-ring (bicyclic) bond motifs is 1. The van der Waals surface area contributed by atoms with Crippen LogP contribution in [-0.4, -0.2) is 17.7 Å². The summed E-state index contributed by atoms with van der Waals surface area (Å²) in [5.74, 6) is -0.585. The molecule has 0 radical (unpaired) electrons. The Balaban J connectivity index is 1.88. The summed E-state index contributed by atoms with van der Waals surface area (Å²) in [6.07, 6.45) is -0.756. The lowest BCUT2D eigenvalue weighted by atomic mass is 10.1. The van der Waals surface area contributed by atoms with Crippen molar-refractivity contribution < 1.29 is 23.5 Å². The summed E-state index contributed by atoms with van der Waals surface area (Å²) in [4.78, 5) is 37.1. The lowest BCUT2D eigenvalue weighted by Crippen LogP contribution is -2.39. The number of nitrogens with one attached hydrogen (secondary N) is 1. The minimum atomic E-state index is -1.11. The van der Waals surface area contributed by atoms with Gasteiger partial charge in [0.05, 0.1) is 0 Å². The van der Waals surface area contributed by atoms with Crippen LogP contribution in [0.1, 0.15) is 37.9 Å². The van der Waals surface area contributed by atoms with Crippen molar-refractivity contribution in [2.24, 2.45) is 0 Å². The number of esters is 1. The van der Waals surface area contributed by atoms with Gasteiger partial charge in [0, 0.05) is 11.5 Å². The van der Waals surface area contributed by atoms with E-state index in [4.69, 9.17) is 25.5 Å². The van der Waals surface area contributed by atoms with Crippen LogP contribution in [0.4, 0.5) is 4.79 Å². The van der Waals surface area contributed by atoms with Crippen molar-refractivity contribution >= 4 is 34.6 Å². The molecule has 0 fully saturated rings. The molecule has 3 rings (SSSR count). The smallest absolute Gasteiger partial charge is 0.408 e. The van der Waals surface area contributed by atoms with E-state index in [0.717, 1.165) is 0 Å². The van der Waals surface area contributed by atoms with Crippen LogP contribution >= 0.6 is 11.6 Å². The minimum Gasteiger partial charge on any atom is -0.444 e. The molecule has 1 heterocycles. The van der Waals surface area contributed by atoms with Gasteiger partial charge in [0.25, 0.3) is 0 Å². The zero-order valence-corrected chi connectivity index (χ0v) is 18.3. The van der Waals surface area contributed by atoms with Crippen molar-refractivity contribution in [1.82, 2.24) is 5.32 Å². The minimum absolute atomic E-state index is 0.00273. The maximum Gasteiger partial charge on any atom is 0.408 e. The Bertz CT molecular complexity index is 1180. The Morgan fingerprint density at radius 3 is 2.42 bits per heavy atom. The monoisotopic (exact) mass is 443 g/mol. The summed E-state index contributed by atoms with van der Waals surface area (Å²) in [6, 6.07) is 12.2. The summed E-state index contributed by atoms with van der Waals surface area (Å²) < 4.78 is 15.9. The van der Waals surface area contributed by atoms with E-state index in [2.05, 4.69) is 5.32 Å². The summed E-state index contributed by atoms with van der Waals surface area (Å²) >= 11 is 5.94. The highest BCUT2D eigenvalue weighted by atomic mass is 35.5. The fourth-order valence-corrected chi connectivity index (χ4v) is 3.04. The standard InChI is InChI=1S/C23H22ClNO6/c1-13-16-11-10-15(12-17(16)30-20(26)18(13)24)29-21(27)19(14-8-6-5-7-9-14)25-22(28)31-23(2,3)4/h5-12,19H,1-4H3,(H,25,28)/t19-/m1/s1. The van der Waals surface area contributed by atoms with Crippen LogP contribution in [0.3, 0.4) is 0 Å². The molecular formula is C23H22ClNO6. The molecule has 0 aliphatic carbocycles. The van der Waals surface area contributed by atoms with E-state index >= 15 is 0 Å². The molecule has 1 aromatic heterocycles. The molecule has 0 spiro atoms. The molecule has 162 valence electrons. The zero-order chi connectivity index (χ0) is 22.8. The number of hydrogen-bond acceptors (Lipinski definition) is 6. The summed E-state index contributed by atoms with van der Waals surface area (Å²) in [6.45, 7) is 6.86. The maximum atomic E-state index is 12.9. The molecule has 1 N–H and O–H groups in total. The number of alkyl carbamates (subject to hydrolysis) is 1. The number of hydrogen-bond donors (Lipinski definition) is 1. The Kier molecular flexibility index (Phi) is 6.36. The number of benzene rings is 2. The van der Waals surface area contributed by atoms with Gasteiger partial charge in [-0.2, -0.15) is 0 Å². The number of ether oxygens (including phenoxy) is 2. The molecule has 0 aliphatic heterocycles. The fraction of sp³-hybridized carbons (Fsp3) is 0.261. The van der Waals surface area contributed by atoms with Gasteiger partial charge in [-0.25, -0.2) is 14.4 Å². The molecule has 2 aromatic carbocycles. The maximum absolute atomic E-state index is 12.9. The van der Waals surface area contributed by atoms with Crippen LogP contribution < -0.4 is 15.7 Å². The van der Waals surface area contributed by atoms with Gasteiger partial charge < -0.3 is 19.2 Å². The van der Waals surface area contributed by atoms with Crippen LogP contribution in [0.15, 0.2) is 57.7 Å². The molecule has 1 atom stereocenters. The second-order valence-electron chi connectivity index (χ2n) is 7.90. The number of amides is 1. The quantitative estimate of drug-likeness (QED) is 0.349. The van der Waals surface area contributed by atoms with E-state index in [1.807, 2.05) is 0 Å². The topological polar surface area (TPSA) is 94.8 Å². The van der Waals surface area contributed by atoms with E-state index < -0.39 is 29.3 Å². The van der Waals surface area contributed by atoms with Crippen LogP contribution in [0.2, 0.25) is 5.02 Å². The summed E-state index contributed by atoms with van der Waals surface area (Å²) in [5.41, 5.74) is -0.0881. The Morgan fingerprint density at radius 1 is 1.10 bits per heavy atom. The van der Waals surface area contributed by atoms with Crippen molar-refractivity contribution in [2.45, 2.75) is 39.3 Å². The SMILES string of the molecule is Cc1c(Cl)c(=O)oc2cc(OC(=O)[C@H](NC(=O)OC(C)(C)C)c3ccccc3)ccc12.